The van der Waals surface area contributed by atoms with Crippen LogP contribution in [-0.2, 0) is 0 Å². The number of nitrogens with two attached hydrogens (primary N) is 3. The molecule has 1 unspecified atom stereocenters. The number of nitrogens with one attached hydrogen (secondary N) is 1. The zero-order valence-electron chi connectivity index (χ0n) is 19.6. The second kappa shape index (κ2) is 10.7. The van der Waals surface area contributed by atoms with Crippen molar-refractivity contribution >= 4 is 23.0 Å². The fourth-order valence-corrected chi connectivity index (χ4v) is 4.86. The van der Waals surface area contributed by atoms with Crippen molar-refractivity contribution in [1.29, 1.82) is 5.41 Å². The summed E-state index contributed by atoms with van der Waals surface area (Å²) in [6, 6.07) is 14.3. The highest BCUT2D eigenvalue weighted by atomic mass is 16.2. The Morgan fingerprint density at radius 1 is 1.06 bits per heavy atom. The number of allylic oxidation sites excluding steroid dienone is 1. The molecule has 1 atom stereocenters. The Morgan fingerprint density at radius 3 is 2.47 bits per heavy atom. The molecule has 2 aliphatic heterocycles. The number of likely N-dealkylation sites (tertiary alicyclic amines) is 2. The van der Waals surface area contributed by atoms with E-state index in [0.717, 1.165) is 26.1 Å². The van der Waals surface area contributed by atoms with E-state index >= 15 is 0 Å². The molecule has 0 bridgehead atoms. The van der Waals surface area contributed by atoms with Crippen LogP contribution < -0.4 is 22.3 Å². The van der Waals surface area contributed by atoms with Crippen LogP contribution in [0.4, 0.5) is 11.4 Å². The average Bonchev–Trinajstić information content (AvgIpc) is 3.36. The van der Waals surface area contributed by atoms with Crippen LogP contribution in [0.15, 0.2) is 60.4 Å². The van der Waals surface area contributed by atoms with Crippen molar-refractivity contribution in [2.75, 3.05) is 43.5 Å². The van der Waals surface area contributed by atoms with Gasteiger partial charge in [0.05, 0.1) is 17.1 Å². The topological polar surface area (TPSA) is 129 Å². The number of benzene rings is 2. The van der Waals surface area contributed by atoms with Crippen LogP contribution in [0.3, 0.4) is 0 Å². The first-order valence-electron chi connectivity index (χ1n) is 12.0. The SMILES string of the molecule is N=C(/C(N)=C/N(N)c1ccc(C(=O)N2CCCC(CN3CCCC3)C2)cc1)c1ccccc1N. The number of nitrogens with zero attached hydrogens (tertiary/aromatic N) is 3. The van der Waals surface area contributed by atoms with Gasteiger partial charge >= 0.3 is 0 Å². The normalized spacial score (nSPS) is 19.3. The van der Waals surface area contributed by atoms with Gasteiger partial charge in [-0.15, -0.1) is 0 Å². The molecule has 0 saturated carbocycles. The fraction of sp³-hybridized carbons (Fsp3) is 0.385. The highest BCUT2D eigenvalue weighted by Gasteiger charge is 2.26. The second-order valence-electron chi connectivity index (χ2n) is 9.27. The average molecular weight is 462 g/mol. The minimum absolute atomic E-state index is 0.0672. The van der Waals surface area contributed by atoms with E-state index in [0.29, 0.717) is 28.4 Å². The predicted octanol–water partition coefficient (Wildman–Crippen LogP) is 2.77. The maximum atomic E-state index is 13.1. The molecular formula is C26H35N7O. The summed E-state index contributed by atoms with van der Waals surface area (Å²) in [6.07, 6.45) is 6.32. The van der Waals surface area contributed by atoms with Crippen molar-refractivity contribution < 1.29 is 4.79 Å². The summed E-state index contributed by atoms with van der Waals surface area (Å²) >= 11 is 0. The third-order valence-corrected chi connectivity index (χ3v) is 6.73. The molecular weight excluding hydrogens is 426 g/mol. The lowest BCUT2D eigenvalue weighted by atomic mass is 9.96. The first-order chi connectivity index (χ1) is 16.4. The van der Waals surface area contributed by atoms with Crippen molar-refractivity contribution in [3.8, 4) is 0 Å². The molecule has 180 valence electrons. The van der Waals surface area contributed by atoms with Gasteiger partial charge in [-0.05, 0) is 75.0 Å². The predicted molar refractivity (Wildman–Crippen MR) is 137 cm³/mol. The molecule has 8 heteroatoms. The zero-order chi connectivity index (χ0) is 24.1. The number of hydrogen-bond acceptors (Lipinski definition) is 7. The first-order valence-corrected chi connectivity index (χ1v) is 12.0. The Labute approximate surface area is 201 Å². The molecule has 1 amide bonds. The van der Waals surface area contributed by atoms with Crippen LogP contribution in [0.5, 0.6) is 0 Å². The largest absolute Gasteiger partial charge is 0.398 e. The number of piperidine rings is 1. The van der Waals surface area contributed by atoms with Crippen molar-refractivity contribution in [1.82, 2.24) is 9.80 Å². The Hall–Kier alpha value is -3.36. The third kappa shape index (κ3) is 5.58. The maximum absolute atomic E-state index is 13.1. The van der Waals surface area contributed by atoms with E-state index in [-0.39, 0.29) is 17.3 Å². The molecule has 34 heavy (non-hydrogen) atoms. The smallest absolute Gasteiger partial charge is 0.253 e. The molecule has 0 aromatic heterocycles. The van der Waals surface area contributed by atoms with Crippen molar-refractivity contribution in [3.05, 3.63) is 71.6 Å². The van der Waals surface area contributed by atoms with Gasteiger partial charge in [-0.3, -0.25) is 15.2 Å². The van der Waals surface area contributed by atoms with Crippen LogP contribution in [-0.4, -0.2) is 54.1 Å². The van der Waals surface area contributed by atoms with E-state index in [1.54, 1.807) is 42.5 Å². The van der Waals surface area contributed by atoms with E-state index < -0.39 is 0 Å². The summed E-state index contributed by atoms with van der Waals surface area (Å²) in [6.45, 7) is 5.12. The number of carbonyl (C=O) groups is 1. The van der Waals surface area contributed by atoms with Gasteiger partial charge < -0.3 is 21.3 Å². The van der Waals surface area contributed by atoms with Crippen molar-refractivity contribution in [2.45, 2.75) is 25.7 Å². The van der Waals surface area contributed by atoms with E-state index in [2.05, 4.69) is 4.90 Å². The number of anilines is 2. The summed E-state index contributed by atoms with van der Waals surface area (Å²) in [7, 11) is 0. The van der Waals surface area contributed by atoms with E-state index in [1.165, 1.54) is 43.6 Å². The molecule has 0 radical (unpaired) electrons. The van der Waals surface area contributed by atoms with Gasteiger partial charge in [0.15, 0.2) is 0 Å². The molecule has 2 aliphatic rings. The Balaban J connectivity index is 1.38. The molecule has 0 spiro atoms. The van der Waals surface area contributed by atoms with Gasteiger partial charge in [0.25, 0.3) is 5.91 Å². The zero-order valence-corrected chi connectivity index (χ0v) is 19.6. The highest BCUT2D eigenvalue weighted by molar-refractivity contribution is 6.13. The minimum atomic E-state index is 0.0672. The van der Waals surface area contributed by atoms with E-state index in [4.69, 9.17) is 22.7 Å². The number of rotatable bonds is 7. The van der Waals surface area contributed by atoms with Crippen LogP contribution in [0, 0.1) is 11.3 Å². The number of carbonyl (C=O) groups excluding carboxylic acids is 1. The fourth-order valence-electron chi connectivity index (χ4n) is 4.86. The molecule has 0 aliphatic carbocycles. The summed E-state index contributed by atoms with van der Waals surface area (Å²) < 4.78 is 0. The van der Waals surface area contributed by atoms with Gasteiger partial charge in [0.2, 0.25) is 0 Å². The lowest BCUT2D eigenvalue weighted by Gasteiger charge is -2.34. The van der Waals surface area contributed by atoms with Gasteiger partial charge in [0, 0.05) is 42.6 Å². The van der Waals surface area contributed by atoms with Crippen LogP contribution in [0.2, 0.25) is 0 Å². The summed E-state index contributed by atoms with van der Waals surface area (Å²) in [5, 5.41) is 9.67. The molecule has 2 saturated heterocycles. The van der Waals surface area contributed by atoms with Gasteiger partial charge in [-0.2, -0.15) is 0 Å². The highest BCUT2D eigenvalue weighted by Crippen LogP contribution is 2.23. The van der Waals surface area contributed by atoms with Gasteiger partial charge in [-0.1, -0.05) is 18.2 Å². The van der Waals surface area contributed by atoms with E-state index in [1.807, 2.05) is 11.0 Å². The number of amides is 1. The van der Waals surface area contributed by atoms with Crippen molar-refractivity contribution in [2.24, 2.45) is 17.5 Å². The number of para-hydroxylation sites is 1. The van der Waals surface area contributed by atoms with Crippen LogP contribution in [0.1, 0.15) is 41.6 Å². The molecule has 7 N–H and O–H groups in total. The maximum Gasteiger partial charge on any atom is 0.253 e. The number of hydrogen-bond donors (Lipinski definition) is 4. The number of hydrazine groups is 1. The molecule has 2 fully saturated rings. The number of nitrogen functional groups attached to an aromatic ring is 1. The standard InChI is InChI=1S/C26H35N7O/c27-23-8-2-1-7-22(23)25(29)24(28)18-33(30)21-11-9-20(10-12-21)26(34)32-15-5-6-19(17-32)16-31-13-3-4-14-31/h1-2,7-12,18-19,29H,3-6,13-17,27-28,30H2/b24-18-,29-25?. The van der Waals surface area contributed by atoms with Crippen molar-refractivity contribution in [3.63, 3.8) is 0 Å². The Bertz CT molecular complexity index is 1040. The van der Waals surface area contributed by atoms with Crippen LogP contribution in [0.25, 0.3) is 0 Å². The van der Waals surface area contributed by atoms with Crippen LogP contribution >= 0.6 is 0 Å². The lowest BCUT2D eigenvalue weighted by molar-refractivity contribution is 0.0648. The molecule has 4 rings (SSSR count). The minimum Gasteiger partial charge on any atom is -0.398 e. The second-order valence-corrected chi connectivity index (χ2v) is 9.27. The first kappa shape index (κ1) is 23.8. The molecule has 2 heterocycles. The quantitative estimate of drug-likeness (QED) is 0.217. The monoisotopic (exact) mass is 461 g/mol. The third-order valence-electron chi connectivity index (χ3n) is 6.73. The summed E-state index contributed by atoms with van der Waals surface area (Å²) in [4.78, 5) is 17.6. The van der Waals surface area contributed by atoms with E-state index in [9.17, 15) is 4.79 Å². The lowest BCUT2D eigenvalue weighted by Crippen LogP contribution is -2.43. The van der Waals surface area contributed by atoms with Gasteiger partial charge in [-0.25, -0.2) is 5.84 Å². The Morgan fingerprint density at radius 2 is 1.76 bits per heavy atom. The summed E-state index contributed by atoms with van der Waals surface area (Å²) in [5.74, 6) is 6.78. The molecule has 2 aromatic rings. The molecule has 2 aromatic carbocycles. The summed E-state index contributed by atoms with van der Waals surface area (Å²) in [5.41, 5.74) is 14.7. The Kier molecular flexibility index (Phi) is 7.49. The molecule has 8 nitrogen and oxygen atoms in total. The van der Waals surface area contributed by atoms with Gasteiger partial charge in [0.1, 0.15) is 0 Å².